The molecule has 1 fully saturated rings. The van der Waals surface area contributed by atoms with Gasteiger partial charge in [-0.1, -0.05) is 38.1 Å². The summed E-state index contributed by atoms with van der Waals surface area (Å²) in [5.41, 5.74) is 2.34. The lowest BCUT2D eigenvalue weighted by Gasteiger charge is -2.41. The third-order valence-electron chi connectivity index (χ3n) is 3.68. The average Bonchev–Trinajstić information content (AvgIpc) is 2.34. The van der Waals surface area contributed by atoms with E-state index >= 15 is 0 Å². The molecule has 1 aliphatic rings. The van der Waals surface area contributed by atoms with Gasteiger partial charge in [0.25, 0.3) is 0 Å². The van der Waals surface area contributed by atoms with Crippen molar-refractivity contribution in [2.24, 2.45) is 5.92 Å². The number of hydrogen-bond donors (Lipinski definition) is 0. The van der Waals surface area contributed by atoms with Crippen LogP contribution in [0, 0.1) is 5.92 Å². The Kier molecular flexibility index (Phi) is 4.25. The first kappa shape index (κ1) is 14.1. The molecular weight excluding hydrogens is 240 g/mol. The molecule has 19 heavy (non-hydrogen) atoms. The molecule has 1 saturated heterocycles. The number of carbonyl (C=O) groups is 1. The molecule has 1 aromatic rings. The summed E-state index contributed by atoms with van der Waals surface area (Å²) < 4.78 is 10.1. The molecule has 0 N–H and O–H groups in total. The van der Waals surface area contributed by atoms with Crippen molar-refractivity contribution in [1.29, 1.82) is 0 Å². The summed E-state index contributed by atoms with van der Waals surface area (Å²) in [7, 11) is 1.43. The van der Waals surface area contributed by atoms with Gasteiger partial charge in [0.1, 0.15) is 0 Å². The van der Waals surface area contributed by atoms with Crippen LogP contribution in [0.1, 0.15) is 31.4 Å². The standard InChI is InChI=1S/C16H22O3/c1-12(2)8-13-4-6-14(7-5-13)16(10-19-11-16)9-15(17)18-3/h4-7,12H,8-11H2,1-3H3. The molecule has 0 amide bonds. The second-order valence-corrected chi connectivity index (χ2v) is 5.82. The molecule has 104 valence electrons. The van der Waals surface area contributed by atoms with E-state index in [1.807, 2.05) is 0 Å². The van der Waals surface area contributed by atoms with Gasteiger partial charge in [-0.15, -0.1) is 0 Å². The number of ether oxygens (including phenoxy) is 2. The maximum absolute atomic E-state index is 11.5. The van der Waals surface area contributed by atoms with Crippen LogP contribution < -0.4 is 0 Å². The topological polar surface area (TPSA) is 35.5 Å². The Morgan fingerprint density at radius 1 is 1.32 bits per heavy atom. The van der Waals surface area contributed by atoms with E-state index in [0.717, 1.165) is 6.42 Å². The van der Waals surface area contributed by atoms with E-state index in [1.54, 1.807) is 0 Å². The second kappa shape index (κ2) is 5.74. The molecule has 0 saturated carbocycles. The molecule has 0 radical (unpaired) electrons. The largest absolute Gasteiger partial charge is 0.469 e. The van der Waals surface area contributed by atoms with Gasteiger partial charge in [0.05, 0.1) is 32.2 Å². The molecule has 3 nitrogen and oxygen atoms in total. The molecule has 1 aliphatic heterocycles. The van der Waals surface area contributed by atoms with Crippen molar-refractivity contribution in [2.75, 3.05) is 20.3 Å². The predicted octanol–water partition coefficient (Wildman–Crippen LogP) is 2.72. The molecule has 2 rings (SSSR count). The van der Waals surface area contributed by atoms with Gasteiger partial charge in [0.2, 0.25) is 0 Å². The van der Waals surface area contributed by atoms with E-state index < -0.39 is 0 Å². The normalized spacial score (nSPS) is 17.1. The highest BCUT2D eigenvalue weighted by Gasteiger charge is 2.42. The van der Waals surface area contributed by atoms with Gasteiger partial charge in [0, 0.05) is 0 Å². The van der Waals surface area contributed by atoms with Gasteiger partial charge in [0.15, 0.2) is 0 Å². The highest BCUT2D eigenvalue weighted by molar-refractivity contribution is 5.71. The fourth-order valence-electron chi connectivity index (χ4n) is 2.53. The van der Waals surface area contributed by atoms with Crippen LogP contribution in [0.3, 0.4) is 0 Å². The minimum Gasteiger partial charge on any atom is -0.469 e. The molecule has 0 aromatic heterocycles. The van der Waals surface area contributed by atoms with Crippen molar-refractivity contribution in [3.05, 3.63) is 35.4 Å². The van der Waals surface area contributed by atoms with Crippen LogP contribution in [0.4, 0.5) is 0 Å². The lowest BCUT2D eigenvalue weighted by atomic mass is 9.75. The lowest BCUT2D eigenvalue weighted by Crippen LogP contribution is -2.48. The number of methoxy groups -OCH3 is 1. The van der Waals surface area contributed by atoms with Crippen LogP contribution in [0.25, 0.3) is 0 Å². The van der Waals surface area contributed by atoms with Gasteiger partial charge in [-0.3, -0.25) is 4.79 Å². The lowest BCUT2D eigenvalue weighted by molar-refractivity contribution is -0.148. The van der Waals surface area contributed by atoms with E-state index in [0.29, 0.717) is 25.6 Å². The molecule has 1 aromatic carbocycles. The quantitative estimate of drug-likeness (QED) is 0.765. The minimum atomic E-state index is -0.177. The maximum Gasteiger partial charge on any atom is 0.306 e. The van der Waals surface area contributed by atoms with E-state index in [1.165, 1.54) is 18.2 Å². The minimum absolute atomic E-state index is 0.172. The van der Waals surface area contributed by atoms with E-state index in [2.05, 4.69) is 38.1 Å². The van der Waals surface area contributed by atoms with Gasteiger partial charge in [-0.25, -0.2) is 0 Å². The van der Waals surface area contributed by atoms with Crippen LogP contribution in [-0.2, 0) is 26.1 Å². The first-order valence-electron chi connectivity index (χ1n) is 6.80. The summed E-state index contributed by atoms with van der Waals surface area (Å²) in [5.74, 6) is 0.483. The second-order valence-electron chi connectivity index (χ2n) is 5.82. The molecule has 0 unspecified atom stereocenters. The van der Waals surface area contributed by atoms with E-state index in [4.69, 9.17) is 9.47 Å². The highest BCUT2D eigenvalue weighted by atomic mass is 16.5. The van der Waals surface area contributed by atoms with Gasteiger partial charge in [-0.2, -0.15) is 0 Å². The Labute approximate surface area is 114 Å². The molecule has 0 atom stereocenters. The van der Waals surface area contributed by atoms with Crippen molar-refractivity contribution in [1.82, 2.24) is 0 Å². The fraction of sp³-hybridized carbons (Fsp3) is 0.562. The summed E-state index contributed by atoms with van der Waals surface area (Å²) in [6.45, 7) is 5.64. The zero-order valence-electron chi connectivity index (χ0n) is 11.9. The van der Waals surface area contributed by atoms with Crippen molar-refractivity contribution < 1.29 is 14.3 Å². The summed E-state index contributed by atoms with van der Waals surface area (Å²) in [6.07, 6.45) is 1.48. The number of rotatable bonds is 5. The summed E-state index contributed by atoms with van der Waals surface area (Å²) in [5, 5.41) is 0. The molecule has 1 heterocycles. The monoisotopic (exact) mass is 262 g/mol. The zero-order chi connectivity index (χ0) is 13.9. The SMILES string of the molecule is COC(=O)CC1(c2ccc(CC(C)C)cc2)COC1. The summed E-state index contributed by atoms with van der Waals surface area (Å²) in [6, 6.07) is 8.58. The van der Waals surface area contributed by atoms with Crippen molar-refractivity contribution >= 4 is 5.97 Å². The molecule has 0 aliphatic carbocycles. The zero-order valence-corrected chi connectivity index (χ0v) is 11.9. The molecule has 3 heteroatoms. The first-order valence-corrected chi connectivity index (χ1v) is 6.80. The molecular formula is C16H22O3. The van der Waals surface area contributed by atoms with Gasteiger partial charge in [-0.05, 0) is 23.5 Å². The number of hydrogen-bond acceptors (Lipinski definition) is 3. The number of esters is 1. The number of benzene rings is 1. The van der Waals surface area contributed by atoms with Crippen LogP contribution in [0.15, 0.2) is 24.3 Å². The first-order chi connectivity index (χ1) is 9.05. The van der Waals surface area contributed by atoms with Crippen molar-refractivity contribution in [3.8, 4) is 0 Å². The third-order valence-corrected chi connectivity index (χ3v) is 3.68. The van der Waals surface area contributed by atoms with E-state index in [9.17, 15) is 4.79 Å². The van der Waals surface area contributed by atoms with Crippen LogP contribution >= 0.6 is 0 Å². The third kappa shape index (κ3) is 3.16. The Morgan fingerprint density at radius 3 is 2.37 bits per heavy atom. The van der Waals surface area contributed by atoms with Crippen molar-refractivity contribution in [2.45, 2.75) is 32.1 Å². The highest BCUT2D eigenvalue weighted by Crippen LogP contribution is 2.36. The Hall–Kier alpha value is -1.35. The van der Waals surface area contributed by atoms with Gasteiger partial charge < -0.3 is 9.47 Å². The Balaban J connectivity index is 2.13. The predicted molar refractivity (Wildman–Crippen MR) is 74.1 cm³/mol. The summed E-state index contributed by atoms with van der Waals surface area (Å²) >= 11 is 0. The smallest absolute Gasteiger partial charge is 0.306 e. The molecule has 0 spiro atoms. The molecule has 0 bridgehead atoms. The summed E-state index contributed by atoms with van der Waals surface area (Å²) in [4.78, 5) is 11.5. The maximum atomic E-state index is 11.5. The Morgan fingerprint density at radius 2 is 1.95 bits per heavy atom. The number of carbonyl (C=O) groups excluding carboxylic acids is 1. The van der Waals surface area contributed by atoms with Crippen molar-refractivity contribution in [3.63, 3.8) is 0 Å². The average molecular weight is 262 g/mol. The van der Waals surface area contributed by atoms with Crippen LogP contribution in [0.2, 0.25) is 0 Å². The van der Waals surface area contributed by atoms with Gasteiger partial charge >= 0.3 is 5.97 Å². The van der Waals surface area contributed by atoms with E-state index in [-0.39, 0.29) is 11.4 Å². The van der Waals surface area contributed by atoms with Crippen LogP contribution in [0.5, 0.6) is 0 Å². The Bertz CT molecular complexity index is 430. The fourth-order valence-corrected chi connectivity index (χ4v) is 2.53. The van der Waals surface area contributed by atoms with Crippen LogP contribution in [-0.4, -0.2) is 26.3 Å².